The molecule has 0 saturated heterocycles. The van der Waals surface area contributed by atoms with Crippen LogP contribution in [-0.2, 0) is 0 Å². The Morgan fingerprint density at radius 3 is 2.67 bits per heavy atom. The van der Waals surface area contributed by atoms with Crippen molar-refractivity contribution in [3.05, 3.63) is 11.6 Å². The Morgan fingerprint density at radius 1 is 1.58 bits per heavy atom. The molecule has 1 rings (SSSR count). The minimum absolute atomic E-state index is 0.151. The molecule has 0 aliphatic heterocycles. The van der Waals surface area contributed by atoms with E-state index in [1.807, 2.05) is 0 Å². The minimum atomic E-state index is -0.151. The summed E-state index contributed by atoms with van der Waals surface area (Å²) in [5.41, 5.74) is 0. The lowest BCUT2D eigenvalue weighted by molar-refractivity contribution is 0.229. The molecular weight excluding hydrogens is 176 g/mol. The van der Waals surface area contributed by atoms with Crippen LogP contribution in [0.3, 0.4) is 0 Å². The molecule has 4 heteroatoms. The molecule has 1 fully saturated rings. The van der Waals surface area contributed by atoms with Crippen molar-refractivity contribution in [2.75, 3.05) is 6.54 Å². The molecule has 68 valence electrons. The van der Waals surface area contributed by atoms with Crippen LogP contribution in [0.25, 0.3) is 0 Å². The van der Waals surface area contributed by atoms with Gasteiger partial charge in [-0.1, -0.05) is 18.2 Å². The van der Waals surface area contributed by atoms with Crippen molar-refractivity contribution in [1.82, 2.24) is 10.6 Å². The summed E-state index contributed by atoms with van der Waals surface area (Å²) in [6.07, 6.45) is 3.40. The average molecular weight is 189 g/mol. The molecule has 2 amide bonds. The largest absolute Gasteiger partial charge is 0.335 e. The van der Waals surface area contributed by atoms with Crippen molar-refractivity contribution in [2.24, 2.45) is 0 Å². The molecule has 0 spiro atoms. The predicted octanol–water partition coefficient (Wildman–Crippen LogP) is 1.59. The number of hydrogen-bond acceptors (Lipinski definition) is 1. The number of carbonyl (C=O) groups is 1. The second-order valence-corrected chi connectivity index (χ2v) is 3.51. The van der Waals surface area contributed by atoms with Crippen molar-refractivity contribution in [3.8, 4) is 0 Å². The number of rotatable bonds is 3. The molecule has 0 bridgehead atoms. The molecule has 3 nitrogen and oxygen atoms in total. The van der Waals surface area contributed by atoms with E-state index < -0.39 is 0 Å². The molecule has 0 heterocycles. The smallest absolute Gasteiger partial charge is 0.315 e. The van der Waals surface area contributed by atoms with Gasteiger partial charge in [-0.15, -0.1) is 0 Å². The zero-order valence-corrected chi connectivity index (χ0v) is 7.66. The number of nitrogens with one attached hydrogen (secondary N) is 2. The number of amides is 2. The van der Waals surface area contributed by atoms with Gasteiger partial charge in [0, 0.05) is 11.1 Å². The van der Waals surface area contributed by atoms with Gasteiger partial charge in [-0.3, -0.25) is 0 Å². The summed E-state index contributed by atoms with van der Waals surface area (Å²) < 4.78 is 0. The van der Waals surface area contributed by atoms with Crippen LogP contribution in [0, 0.1) is 0 Å². The molecule has 1 aliphatic rings. The number of halogens is 1. The van der Waals surface area contributed by atoms with Crippen molar-refractivity contribution >= 4 is 17.6 Å². The SMILES string of the molecule is C=C(Cl)CNC(=O)NC1CCC1. The van der Waals surface area contributed by atoms with Gasteiger partial charge in [0.05, 0.1) is 6.54 Å². The van der Waals surface area contributed by atoms with Crippen LogP contribution in [0.4, 0.5) is 4.79 Å². The molecular formula is C8H13ClN2O. The van der Waals surface area contributed by atoms with Gasteiger partial charge in [0.25, 0.3) is 0 Å². The Hall–Kier alpha value is -0.700. The molecule has 12 heavy (non-hydrogen) atoms. The van der Waals surface area contributed by atoms with Crippen molar-refractivity contribution < 1.29 is 4.79 Å². The lowest BCUT2D eigenvalue weighted by atomic mass is 9.93. The highest BCUT2D eigenvalue weighted by Gasteiger charge is 2.18. The third-order valence-corrected chi connectivity index (χ3v) is 2.01. The van der Waals surface area contributed by atoms with E-state index in [2.05, 4.69) is 17.2 Å². The van der Waals surface area contributed by atoms with E-state index in [1.165, 1.54) is 6.42 Å². The third-order valence-electron chi connectivity index (χ3n) is 1.88. The normalized spacial score (nSPS) is 16.4. The summed E-state index contributed by atoms with van der Waals surface area (Å²) in [6, 6.07) is 0.218. The molecule has 0 aromatic carbocycles. The van der Waals surface area contributed by atoms with Crippen molar-refractivity contribution in [2.45, 2.75) is 25.3 Å². The predicted molar refractivity (Wildman–Crippen MR) is 49.2 cm³/mol. The fraction of sp³-hybridized carbons (Fsp3) is 0.625. The van der Waals surface area contributed by atoms with Crippen LogP contribution in [0.15, 0.2) is 11.6 Å². The Labute approximate surface area is 77.2 Å². The van der Waals surface area contributed by atoms with E-state index in [0.717, 1.165) is 12.8 Å². The lowest BCUT2D eigenvalue weighted by Crippen LogP contribution is -2.45. The fourth-order valence-corrected chi connectivity index (χ4v) is 1.03. The first kappa shape index (κ1) is 9.39. The highest BCUT2D eigenvalue weighted by molar-refractivity contribution is 6.29. The number of carbonyl (C=O) groups excluding carboxylic acids is 1. The third kappa shape index (κ3) is 3.13. The van der Waals surface area contributed by atoms with Gasteiger partial charge in [-0.05, 0) is 19.3 Å². The van der Waals surface area contributed by atoms with Gasteiger partial charge in [-0.25, -0.2) is 4.79 Å². The first-order chi connectivity index (χ1) is 5.68. The Balaban J connectivity index is 2.06. The monoisotopic (exact) mass is 188 g/mol. The maximum Gasteiger partial charge on any atom is 0.315 e. The number of hydrogen-bond donors (Lipinski definition) is 2. The molecule has 1 saturated carbocycles. The molecule has 0 unspecified atom stereocenters. The summed E-state index contributed by atoms with van der Waals surface area (Å²) in [5.74, 6) is 0. The van der Waals surface area contributed by atoms with E-state index in [-0.39, 0.29) is 6.03 Å². The first-order valence-corrected chi connectivity index (χ1v) is 4.44. The quantitative estimate of drug-likeness (QED) is 0.694. The second kappa shape index (κ2) is 4.36. The highest BCUT2D eigenvalue weighted by atomic mass is 35.5. The van der Waals surface area contributed by atoms with Crippen LogP contribution in [0.5, 0.6) is 0 Å². The molecule has 0 atom stereocenters. The van der Waals surface area contributed by atoms with E-state index in [4.69, 9.17) is 11.6 Å². The zero-order chi connectivity index (χ0) is 8.97. The van der Waals surface area contributed by atoms with Crippen LogP contribution in [0.1, 0.15) is 19.3 Å². The maximum absolute atomic E-state index is 11.0. The highest BCUT2D eigenvalue weighted by Crippen LogP contribution is 2.17. The summed E-state index contributed by atoms with van der Waals surface area (Å²) >= 11 is 5.47. The van der Waals surface area contributed by atoms with Gasteiger partial charge in [0.15, 0.2) is 0 Å². The van der Waals surface area contributed by atoms with Gasteiger partial charge < -0.3 is 10.6 Å². The lowest BCUT2D eigenvalue weighted by Gasteiger charge is -2.26. The summed E-state index contributed by atoms with van der Waals surface area (Å²) in [6.45, 7) is 3.80. The topological polar surface area (TPSA) is 41.1 Å². The molecule has 1 aliphatic carbocycles. The van der Waals surface area contributed by atoms with Gasteiger partial charge in [-0.2, -0.15) is 0 Å². The fourth-order valence-electron chi connectivity index (χ4n) is 0.965. The molecule has 0 aromatic rings. The zero-order valence-electron chi connectivity index (χ0n) is 6.90. The summed E-state index contributed by atoms with van der Waals surface area (Å²) in [5, 5.41) is 5.86. The first-order valence-electron chi connectivity index (χ1n) is 4.06. The van der Waals surface area contributed by atoms with Crippen LogP contribution in [-0.4, -0.2) is 18.6 Å². The van der Waals surface area contributed by atoms with Crippen molar-refractivity contribution in [1.29, 1.82) is 0 Å². The van der Waals surface area contributed by atoms with E-state index >= 15 is 0 Å². The van der Waals surface area contributed by atoms with Crippen LogP contribution < -0.4 is 10.6 Å². The van der Waals surface area contributed by atoms with E-state index in [1.54, 1.807) is 0 Å². The minimum Gasteiger partial charge on any atom is -0.335 e. The van der Waals surface area contributed by atoms with Gasteiger partial charge >= 0.3 is 6.03 Å². The average Bonchev–Trinajstić information content (AvgIpc) is 1.93. The van der Waals surface area contributed by atoms with Crippen LogP contribution in [0.2, 0.25) is 0 Å². The summed E-state index contributed by atoms with van der Waals surface area (Å²) in [7, 11) is 0. The van der Waals surface area contributed by atoms with E-state index in [0.29, 0.717) is 17.6 Å². The van der Waals surface area contributed by atoms with Gasteiger partial charge in [0.1, 0.15) is 0 Å². The van der Waals surface area contributed by atoms with Crippen LogP contribution >= 0.6 is 11.6 Å². The second-order valence-electron chi connectivity index (χ2n) is 2.97. The molecule has 2 N–H and O–H groups in total. The Kier molecular flexibility index (Phi) is 3.41. The standard InChI is InChI=1S/C8H13ClN2O/c1-6(9)5-10-8(12)11-7-3-2-4-7/h7H,1-5H2,(H2,10,11,12). The van der Waals surface area contributed by atoms with Gasteiger partial charge in [0.2, 0.25) is 0 Å². The van der Waals surface area contributed by atoms with E-state index in [9.17, 15) is 4.79 Å². The molecule has 0 aromatic heterocycles. The summed E-state index contributed by atoms with van der Waals surface area (Å²) in [4.78, 5) is 11.0. The number of urea groups is 1. The maximum atomic E-state index is 11.0. The molecule has 0 radical (unpaired) electrons. The van der Waals surface area contributed by atoms with Crippen molar-refractivity contribution in [3.63, 3.8) is 0 Å². The Morgan fingerprint density at radius 2 is 2.25 bits per heavy atom. The Bertz CT molecular complexity index is 189.